The predicted octanol–water partition coefficient (Wildman–Crippen LogP) is 3.00. The van der Waals surface area contributed by atoms with Crippen LogP contribution in [0.3, 0.4) is 0 Å². The van der Waals surface area contributed by atoms with Gasteiger partial charge in [-0.2, -0.15) is 5.10 Å². The van der Waals surface area contributed by atoms with Crippen LogP contribution in [0.15, 0.2) is 47.6 Å². The molecule has 120 valence electrons. The average Bonchev–Trinajstić information content (AvgIpc) is 2.59. The molecule has 6 heteroatoms. The number of hydrogen-bond acceptors (Lipinski definition) is 4. The highest BCUT2D eigenvalue weighted by molar-refractivity contribution is 6.01. The molecule has 0 spiro atoms. The number of amides is 1. The summed E-state index contributed by atoms with van der Waals surface area (Å²) >= 11 is 0. The molecular weight excluding hydrogens is 299 g/mol. The van der Waals surface area contributed by atoms with Crippen molar-refractivity contribution in [2.75, 3.05) is 14.2 Å². The van der Waals surface area contributed by atoms with Gasteiger partial charge in [-0.05, 0) is 49.4 Å². The normalized spacial score (nSPS) is 11.0. The largest absolute Gasteiger partial charge is 0.493 e. The van der Waals surface area contributed by atoms with Crippen molar-refractivity contribution < 1.29 is 18.7 Å². The third-order valence-electron chi connectivity index (χ3n) is 3.23. The van der Waals surface area contributed by atoms with Crippen LogP contribution in [0.4, 0.5) is 4.39 Å². The van der Waals surface area contributed by atoms with Gasteiger partial charge < -0.3 is 9.47 Å². The Bertz CT molecular complexity index is 727. The molecule has 0 radical (unpaired) electrons. The molecule has 2 rings (SSSR count). The van der Waals surface area contributed by atoms with Crippen LogP contribution in [0.5, 0.6) is 11.5 Å². The van der Waals surface area contributed by atoms with E-state index in [1.54, 1.807) is 33.3 Å². The van der Waals surface area contributed by atoms with Gasteiger partial charge in [-0.3, -0.25) is 4.79 Å². The number of rotatable bonds is 5. The molecule has 0 aliphatic carbocycles. The first-order valence-electron chi connectivity index (χ1n) is 6.87. The van der Waals surface area contributed by atoms with Crippen LogP contribution in [-0.4, -0.2) is 25.8 Å². The van der Waals surface area contributed by atoms with Gasteiger partial charge in [0.1, 0.15) is 5.82 Å². The highest BCUT2D eigenvalue weighted by Crippen LogP contribution is 2.27. The van der Waals surface area contributed by atoms with Gasteiger partial charge in [0.15, 0.2) is 11.5 Å². The number of nitrogens with zero attached hydrogens (tertiary/aromatic N) is 1. The highest BCUT2D eigenvalue weighted by atomic mass is 19.1. The van der Waals surface area contributed by atoms with Crippen LogP contribution >= 0.6 is 0 Å². The standard InChI is InChI=1S/C17H17FN2O3/c1-11(13-6-9-15(22-2)16(10-13)23-3)19-20-17(21)12-4-7-14(18)8-5-12/h4-10H,1-3H3,(H,20,21)/b19-11-. The second-order valence-corrected chi connectivity index (χ2v) is 4.71. The highest BCUT2D eigenvalue weighted by Gasteiger charge is 2.08. The lowest BCUT2D eigenvalue weighted by atomic mass is 10.1. The molecule has 5 nitrogen and oxygen atoms in total. The monoisotopic (exact) mass is 316 g/mol. The molecule has 1 amide bonds. The summed E-state index contributed by atoms with van der Waals surface area (Å²) in [6.07, 6.45) is 0. The van der Waals surface area contributed by atoms with Crippen LogP contribution < -0.4 is 14.9 Å². The van der Waals surface area contributed by atoms with Gasteiger partial charge in [0.05, 0.1) is 19.9 Å². The topological polar surface area (TPSA) is 59.9 Å². The quantitative estimate of drug-likeness (QED) is 0.681. The summed E-state index contributed by atoms with van der Waals surface area (Å²) in [6.45, 7) is 1.76. The molecule has 0 atom stereocenters. The maximum absolute atomic E-state index is 12.8. The zero-order chi connectivity index (χ0) is 16.8. The number of benzene rings is 2. The molecule has 2 aromatic rings. The molecule has 0 unspecified atom stereocenters. The van der Waals surface area contributed by atoms with Crippen molar-refractivity contribution in [3.8, 4) is 11.5 Å². The van der Waals surface area contributed by atoms with E-state index in [0.29, 0.717) is 22.8 Å². The van der Waals surface area contributed by atoms with Crippen LogP contribution in [0.2, 0.25) is 0 Å². The Labute approximate surface area is 133 Å². The Morgan fingerprint density at radius 3 is 2.22 bits per heavy atom. The lowest BCUT2D eigenvalue weighted by Gasteiger charge is -2.09. The van der Waals surface area contributed by atoms with E-state index in [2.05, 4.69) is 10.5 Å². The summed E-state index contributed by atoms with van der Waals surface area (Å²) in [6, 6.07) is 10.6. The van der Waals surface area contributed by atoms with Crippen LogP contribution in [0, 0.1) is 5.82 Å². The summed E-state index contributed by atoms with van der Waals surface area (Å²) in [5, 5.41) is 4.05. The summed E-state index contributed by atoms with van der Waals surface area (Å²) in [5.41, 5.74) is 4.14. The molecule has 0 aliphatic heterocycles. The molecule has 0 saturated heterocycles. The lowest BCUT2D eigenvalue weighted by molar-refractivity contribution is 0.0955. The molecule has 2 aromatic carbocycles. The number of methoxy groups -OCH3 is 2. The number of hydrazone groups is 1. The van der Waals surface area contributed by atoms with E-state index in [1.165, 1.54) is 24.3 Å². The van der Waals surface area contributed by atoms with Gasteiger partial charge in [0, 0.05) is 11.1 Å². The van der Waals surface area contributed by atoms with Crippen LogP contribution in [-0.2, 0) is 0 Å². The third-order valence-corrected chi connectivity index (χ3v) is 3.23. The van der Waals surface area contributed by atoms with Crippen LogP contribution in [0.25, 0.3) is 0 Å². The minimum atomic E-state index is -0.412. The van der Waals surface area contributed by atoms with Crippen molar-refractivity contribution in [2.24, 2.45) is 5.10 Å². The number of nitrogens with one attached hydrogen (secondary N) is 1. The Balaban J connectivity index is 2.13. The van der Waals surface area contributed by atoms with E-state index in [-0.39, 0.29) is 0 Å². The Morgan fingerprint density at radius 2 is 1.61 bits per heavy atom. The van der Waals surface area contributed by atoms with E-state index in [9.17, 15) is 9.18 Å². The molecule has 0 fully saturated rings. The van der Waals surface area contributed by atoms with Crippen LogP contribution in [0.1, 0.15) is 22.8 Å². The lowest BCUT2D eigenvalue weighted by Crippen LogP contribution is -2.19. The Morgan fingerprint density at radius 1 is 1.00 bits per heavy atom. The summed E-state index contributed by atoms with van der Waals surface area (Å²) < 4.78 is 23.2. The van der Waals surface area contributed by atoms with Gasteiger partial charge in [-0.25, -0.2) is 9.82 Å². The summed E-state index contributed by atoms with van der Waals surface area (Å²) in [5.74, 6) is 0.375. The second-order valence-electron chi connectivity index (χ2n) is 4.71. The first kappa shape index (κ1) is 16.5. The number of halogens is 1. The molecule has 23 heavy (non-hydrogen) atoms. The smallest absolute Gasteiger partial charge is 0.271 e. The van der Waals surface area contributed by atoms with Crippen molar-refractivity contribution >= 4 is 11.6 Å². The van der Waals surface area contributed by atoms with E-state index in [0.717, 1.165) is 5.56 Å². The maximum Gasteiger partial charge on any atom is 0.271 e. The van der Waals surface area contributed by atoms with Gasteiger partial charge >= 0.3 is 0 Å². The summed E-state index contributed by atoms with van der Waals surface area (Å²) in [4.78, 5) is 11.9. The number of carbonyl (C=O) groups excluding carboxylic acids is 1. The number of ether oxygens (including phenoxy) is 2. The maximum atomic E-state index is 12.8. The number of hydrogen-bond donors (Lipinski definition) is 1. The van der Waals surface area contributed by atoms with Gasteiger partial charge in [-0.15, -0.1) is 0 Å². The average molecular weight is 316 g/mol. The molecule has 1 N–H and O–H groups in total. The molecular formula is C17H17FN2O3. The fraction of sp³-hybridized carbons (Fsp3) is 0.176. The van der Waals surface area contributed by atoms with Crippen molar-refractivity contribution in [3.63, 3.8) is 0 Å². The zero-order valence-electron chi connectivity index (χ0n) is 13.1. The van der Waals surface area contributed by atoms with Crippen molar-refractivity contribution in [1.29, 1.82) is 0 Å². The predicted molar refractivity (Wildman–Crippen MR) is 85.6 cm³/mol. The van der Waals surface area contributed by atoms with Gasteiger partial charge in [-0.1, -0.05) is 0 Å². The van der Waals surface area contributed by atoms with Crippen molar-refractivity contribution in [3.05, 3.63) is 59.4 Å². The second kappa shape index (κ2) is 7.40. The van der Waals surface area contributed by atoms with Gasteiger partial charge in [0.2, 0.25) is 0 Å². The van der Waals surface area contributed by atoms with Crippen molar-refractivity contribution in [2.45, 2.75) is 6.92 Å². The number of carbonyl (C=O) groups is 1. The summed E-state index contributed by atoms with van der Waals surface area (Å²) in [7, 11) is 3.10. The fourth-order valence-electron chi connectivity index (χ4n) is 1.93. The van der Waals surface area contributed by atoms with Gasteiger partial charge in [0.25, 0.3) is 5.91 Å². The van der Waals surface area contributed by atoms with Crippen molar-refractivity contribution in [1.82, 2.24) is 5.43 Å². The van der Waals surface area contributed by atoms with E-state index in [1.807, 2.05) is 6.07 Å². The van der Waals surface area contributed by atoms with E-state index < -0.39 is 11.7 Å². The van der Waals surface area contributed by atoms with E-state index >= 15 is 0 Å². The fourth-order valence-corrected chi connectivity index (χ4v) is 1.93. The Kier molecular flexibility index (Phi) is 5.30. The Hall–Kier alpha value is -2.89. The first-order chi connectivity index (χ1) is 11.0. The SMILES string of the molecule is COc1ccc(/C(C)=N\NC(=O)c2ccc(F)cc2)cc1OC. The molecule has 0 aromatic heterocycles. The third kappa shape index (κ3) is 4.06. The molecule has 0 saturated carbocycles. The molecule has 0 aliphatic rings. The first-order valence-corrected chi connectivity index (χ1v) is 6.87. The minimum absolute atomic E-state index is 0.329. The molecule has 0 heterocycles. The zero-order valence-corrected chi connectivity index (χ0v) is 13.1. The minimum Gasteiger partial charge on any atom is -0.493 e. The molecule has 0 bridgehead atoms. The van der Waals surface area contributed by atoms with E-state index in [4.69, 9.17) is 9.47 Å².